The molecule has 2 rings (SSSR count). The van der Waals surface area contributed by atoms with Crippen molar-refractivity contribution in [3.05, 3.63) is 46.3 Å². The number of allylic oxidation sites excluding steroid dienone is 2. The maximum absolute atomic E-state index is 9.80. The number of nitrogens with zero attached hydrogens (tertiary/aromatic N) is 3. The van der Waals surface area contributed by atoms with Crippen LogP contribution in [0.15, 0.2) is 40.7 Å². The monoisotopic (exact) mass is 463 g/mol. The van der Waals surface area contributed by atoms with E-state index in [0.29, 0.717) is 34.0 Å². The lowest BCUT2D eigenvalue weighted by Crippen LogP contribution is -2.25. The molecule has 34 heavy (non-hydrogen) atoms. The summed E-state index contributed by atoms with van der Waals surface area (Å²) in [5.41, 5.74) is 2.58. The molecule has 1 aromatic carbocycles. The number of anilines is 1. The summed E-state index contributed by atoms with van der Waals surface area (Å²) < 4.78 is 17.5. The Balaban J connectivity index is 2.57. The fraction of sp³-hybridized carbons (Fsp3) is 0.500. The molecule has 0 fully saturated rings. The van der Waals surface area contributed by atoms with E-state index in [1.165, 1.54) is 0 Å². The molecular formula is C28H37N3O3. The first-order valence-electron chi connectivity index (χ1n) is 11.9. The lowest BCUT2D eigenvalue weighted by atomic mass is 9.94. The highest BCUT2D eigenvalue weighted by atomic mass is 16.5. The maximum atomic E-state index is 9.80. The van der Waals surface area contributed by atoms with Gasteiger partial charge in [-0.2, -0.15) is 10.5 Å². The van der Waals surface area contributed by atoms with Crippen molar-refractivity contribution in [2.75, 3.05) is 32.2 Å². The first-order valence-corrected chi connectivity index (χ1v) is 11.9. The predicted molar refractivity (Wildman–Crippen MR) is 137 cm³/mol. The molecule has 0 amide bonds. The second kappa shape index (κ2) is 12.2. The maximum Gasteiger partial charge on any atom is 0.152 e. The van der Waals surface area contributed by atoms with Gasteiger partial charge in [-0.15, -0.1) is 0 Å². The Morgan fingerprint density at radius 3 is 2.03 bits per heavy atom. The molecule has 6 heteroatoms. The number of rotatable bonds is 11. The summed E-state index contributed by atoms with van der Waals surface area (Å²) in [6.07, 6.45) is 8.26. The third-order valence-corrected chi connectivity index (χ3v) is 6.00. The molecule has 1 aromatic rings. The molecule has 0 saturated carbocycles. The van der Waals surface area contributed by atoms with E-state index in [1.54, 1.807) is 21.1 Å². The largest absolute Gasteiger partial charge is 0.496 e. The second-order valence-electron chi connectivity index (χ2n) is 8.87. The van der Waals surface area contributed by atoms with Crippen LogP contribution < -0.4 is 14.4 Å². The summed E-state index contributed by atoms with van der Waals surface area (Å²) in [5.74, 6) is 1.73. The molecule has 0 aromatic heterocycles. The van der Waals surface area contributed by atoms with Gasteiger partial charge in [-0.05, 0) is 39.7 Å². The van der Waals surface area contributed by atoms with Crippen molar-refractivity contribution in [2.45, 2.75) is 65.9 Å². The van der Waals surface area contributed by atoms with Crippen molar-refractivity contribution >= 4 is 11.8 Å². The lowest BCUT2D eigenvalue weighted by molar-refractivity contribution is 0.0949. The van der Waals surface area contributed by atoms with Gasteiger partial charge in [-0.25, -0.2) is 0 Å². The van der Waals surface area contributed by atoms with Crippen molar-refractivity contribution in [3.63, 3.8) is 0 Å². The smallest absolute Gasteiger partial charge is 0.152 e. The molecule has 6 nitrogen and oxygen atoms in total. The van der Waals surface area contributed by atoms with E-state index in [-0.39, 0.29) is 0 Å². The lowest BCUT2D eigenvalue weighted by Gasteiger charge is -2.26. The minimum Gasteiger partial charge on any atom is -0.496 e. The van der Waals surface area contributed by atoms with Gasteiger partial charge in [-0.3, -0.25) is 0 Å². The van der Waals surface area contributed by atoms with E-state index in [0.717, 1.165) is 50.0 Å². The van der Waals surface area contributed by atoms with Crippen LogP contribution in [-0.2, 0) is 4.74 Å². The van der Waals surface area contributed by atoms with E-state index < -0.39 is 5.60 Å². The Morgan fingerprint density at radius 1 is 1.03 bits per heavy atom. The standard InChI is InChI=1S/C28H37N3O3/c1-8-10-14-31(15-11-9-2)21-16-25(32-6)22(26(17-21)33-7)12-13-24-23(19-30)27(20(3)18-29)34-28(24,4)5/h12-13,16-17H,8-11,14-15H2,1-7H3/b13-12+,27-20+. The zero-order valence-corrected chi connectivity index (χ0v) is 21.6. The summed E-state index contributed by atoms with van der Waals surface area (Å²) in [6, 6.07) is 8.40. The van der Waals surface area contributed by atoms with Crippen LogP contribution >= 0.6 is 0 Å². The molecular weight excluding hydrogens is 426 g/mol. The molecule has 1 aliphatic rings. The van der Waals surface area contributed by atoms with Crippen LogP contribution in [0.4, 0.5) is 5.69 Å². The van der Waals surface area contributed by atoms with Crippen LogP contribution in [0.2, 0.25) is 0 Å². The summed E-state index contributed by atoms with van der Waals surface area (Å²) in [4.78, 5) is 2.39. The number of hydrogen-bond acceptors (Lipinski definition) is 6. The van der Waals surface area contributed by atoms with Gasteiger partial charge < -0.3 is 19.1 Å². The summed E-state index contributed by atoms with van der Waals surface area (Å²) >= 11 is 0. The molecule has 0 radical (unpaired) electrons. The van der Waals surface area contributed by atoms with Gasteiger partial charge in [0.1, 0.15) is 28.7 Å². The third-order valence-electron chi connectivity index (χ3n) is 6.00. The number of methoxy groups -OCH3 is 2. The minimum atomic E-state index is -0.744. The van der Waals surface area contributed by atoms with Gasteiger partial charge in [0.25, 0.3) is 0 Å². The highest BCUT2D eigenvalue weighted by molar-refractivity contribution is 5.73. The Bertz CT molecular complexity index is 1020. The van der Waals surface area contributed by atoms with Gasteiger partial charge in [0, 0.05) is 36.5 Å². The highest BCUT2D eigenvalue weighted by Crippen LogP contribution is 2.42. The topological polar surface area (TPSA) is 78.5 Å². The van der Waals surface area contributed by atoms with Gasteiger partial charge in [0.2, 0.25) is 0 Å². The quantitative estimate of drug-likeness (QED) is 0.346. The molecule has 1 heterocycles. The van der Waals surface area contributed by atoms with Crippen LogP contribution in [-0.4, -0.2) is 32.9 Å². The van der Waals surface area contributed by atoms with Gasteiger partial charge in [0.15, 0.2) is 5.76 Å². The minimum absolute atomic E-state index is 0.339. The Hall–Kier alpha value is -3.38. The molecule has 182 valence electrons. The van der Waals surface area contributed by atoms with Crippen molar-refractivity contribution in [1.29, 1.82) is 10.5 Å². The summed E-state index contributed by atoms with van der Waals surface area (Å²) in [7, 11) is 3.30. The average molecular weight is 464 g/mol. The van der Waals surface area contributed by atoms with Crippen LogP contribution in [0.1, 0.15) is 65.9 Å². The molecule has 0 N–H and O–H groups in total. The molecule has 0 saturated heterocycles. The van der Waals surface area contributed by atoms with Crippen molar-refractivity contribution in [3.8, 4) is 23.6 Å². The molecule has 0 bridgehead atoms. The molecule has 0 unspecified atom stereocenters. The van der Waals surface area contributed by atoms with E-state index in [4.69, 9.17) is 14.2 Å². The fourth-order valence-corrected chi connectivity index (χ4v) is 4.00. The van der Waals surface area contributed by atoms with Crippen LogP contribution in [0.25, 0.3) is 6.08 Å². The Morgan fingerprint density at radius 2 is 1.59 bits per heavy atom. The molecule has 0 atom stereocenters. The average Bonchev–Trinajstić information content (AvgIpc) is 3.11. The normalized spacial score (nSPS) is 16.1. The predicted octanol–water partition coefficient (Wildman–Crippen LogP) is 6.55. The number of benzene rings is 1. The van der Waals surface area contributed by atoms with Gasteiger partial charge in [0.05, 0.1) is 31.4 Å². The van der Waals surface area contributed by atoms with Gasteiger partial charge in [-0.1, -0.05) is 32.8 Å². The SMILES string of the molecule is CCCCN(CCCC)c1cc(OC)c(/C=C/C2=C(C#N)C(=C(/C)C#N)/OC2(C)C)c(OC)c1. The van der Waals surface area contributed by atoms with E-state index >= 15 is 0 Å². The van der Waals surface area contributed by atoms with E-state index in [2.05, 4.69) is 43.0 Å². The number of nitriles is 2. The Kier molecular flexibility index (Phi) is 9.63. The summed E-state index contributed by atoms with van der Waals surface area (Å²) in [6.45, 7) is 11.8. The number of unbranched alkanes of at least 4 members (excludes halogenated alkanes) is 2. The second-order valence-corrected chi connectivity index (χ2v) is 8.87. The highest BCUT2D eigenvalue weighted by Gasteiger charge is 2.37. The molecule has 1 aliphatic heterocycles. The fourth-order valence-electron chi connectivity index (χ4n) is 4.00. The van der Waals surface area contributed by atoms with Crippen LogP contribution in [0.3, 0.4) is 0 Å². The number of ether oxygens (including phenoxy) is 3. The zero-order chi connectivity index (χ0) is 25.3. The Labute approximate surface area is 204 Å². The van der Waals surface area contributed by atoms with Crippen LogP contribution in [0.5, 0.6) is 11.5 Å². The van der Waals surface area contributed by atoms with E-state index in [1.807, 2.05) is 26.0 Å². The van der Waals surface area contributed by atoms with Crippen LogP contribution in [0, 0.1) is 22.7 Å². The third kappa shape index (κ3) is 5.94. The molecule has 0 spiro atoms. The first kappa shape index (κ1) is 26.9. The van der Waals surface area contributed by atoms with E-state index in [9.17, 15) is 10.5 Å². The van der Waals surface area contributed by atoms with Crippen molar-refractivity contribution in [1.82, 2.24) is 0 Å². The summed E-state index contributed by atoms with van der Waals surface area (Å²) in [5, 5.41) is 19.1. The zero-order valence-electron chi connectivity index (χ0n) is 21.6. The van der Waals surface area contributed by atoms with Crippen molar-refractivity contribution < 1.29 is 14.2 Å². The van der Waals surface area contributed by atoms with Gasteiger partial charge >= 0.3 is 0 Å². The number of hydrogen-bond donors (Lipinski definition) is 0. The van der Waals surface area contributed by atoms with Crippen molar-refractivity contribution in [2.24, 2.45) is 0 Å². The molecule has 0 aliphatic carbocycles. The first-order chi connectivity index (χ1) is 16.3.